The minimum atomic E-state index is -0.381. The molecule has 2 aromatic rings. The monoisotopic (exact) mass is 345 g/mol. The number of thiophene rings is 1. The van der Waals surface area contributed by atoms with Crippen molar-refractivity contribution in [3.05, 3.63) is 51.4 Å². The predicted octanol–water partition coefficient (Wildman–Crippen LogP) is 4.42. The van der Waals surface area contributed by atoms with Crippen molar-refractivity contribution in [2.45, 2.75) is 40.5 Å². The third-order valence-electron chi connectivity index (χ3n) is 3.88. The van der Waals surface area contributed by atoms with E-state index in [9.17, 15) is 9.59 Å². The summed E-state index contributed by atoms with van der Waals surface area (Å²) in [5.74, 6) is -0.476. The molecular formula is C19H23NO3S. The lowest BCUT2D eigenvalue weighted by molar-refractivity contribution is -0.116. The third kappa shape index (κ3) is 4.45. The molecule has 128 valence electrons. The Morgan fingerprint density at radius 3 is 2.42 bits per heavy atom. The van der Waals surface area contributed by atoms with Crippen molar-refractivity contribution in [3.63, 3.8) is 0 Å². The minimum absolute atomic E-state index is 0.0950. The van der Waals surface area contributed by atoms with Crippen LogP contribution in [0.1, 0.15) is 45.3 Å². The summed E-state index contributed by atoms with van der Waals surface area (Å²) in [7, 11) is 0. The smallest absolute Gasteiger partial charge is 0.341 e. The summed E-state index contributed by atoms with van der Waals surface area (Å²) in [6, 6.07) is 8.15. The molecule has 1 N–H and O–H groups in total. The Morgan fingerprint density at radius 2 is 1.79 bits per heavy atom. The second kappa shape index (κ2) is 8.11. The maximum atomic E-state index is 12.2. The largest absolute Gasteiger partial charge is 0.462 e. The fourth-order valence-corrected chi connectivity index (χ4v) is 3.43. The van der Waals surface area contributed by atoms with Crippen LogP contribution >= 0.6 is 11.3 Å². The Balaban J connectivity index is 2.04. The van der Waals surface area contributed by atoms with E-state index in [2.05, 4.69) is 5.32 Å². The van der Waals surface area contributed by atoms with Crippen LogP contribution in [0.5, 0.6) is 0 Å². The molecule has 4 nitrogen and oxygen atoms in total. The number of nitrogens with one attached hydrogen (secondary N) is 1. The topological polar surface area (TPSA) is 55.4 Å². The van der Waals surface area contributed by atoms with E-state index in [1.165, 1.54) is 16.9 Å². The molecule has 0 bridgehead atoms. The SMILES string of the molecule is CCOC(=O)c1c(NC(=O)CCc2ccc(C)cc2)sc(C)c1C. The number of amides is 1. The summed E-state index contributed by atoms with van der Waals surface area (Å²) in [4.78, 5) is 25.4. The van der Waals surface area contributed by atoms with Crippen LogP contribution in [-0.4, -0.2) is 18.5 Å². The molecule has 0 spiro atoms. The van der Waals surface area contributed by atoms with E-state index < -0.39 is 0 Å². The molecular weight excluding hydrogens is 322 g/mol. The summed E-state index contributed by atoms with van der Waals surface area (Å²) in [6.07, 6.45) is 1.05. The van der Waals surface area contributed by atoms with Crippen molar-refractivity contribution in [2.75, 3.05) is 11.9 Å². The van der Waals surface area contributed by atoms with Crippen LogP contribution < -0.4 is 5.32 Å². The maximum absolute atomic E-state index is 12.2. The van der Waals surface area contributed by atoms with Gasteiger partial charge in [0.15, 0.2) is 0 Å². The average molecular weight is 345 g/mol. The van der Waals surface area contributed by atoms with Gasteiger partial charge in [-0.3, -0.25) is 4.79 Å². The van der Waals surface area contributed by atoms with E-state index in [4.69, 9.17) is 4.74 Å². The molecule has 0 aliphatic rings. The lowest BCUT2D eigenvalue weighted by Crippen LogP contribution is -2.15. The number of anilines is 1. The van der Waals surface area contributed by atoms with E-state index in [1.807, 2.05) is 45.0 Å². The van der Waals surface area contributed by atoms with Crippen molar-refractivity contribution in [3.8, 4) is 0 Å². The molecule has 0 unspecified atom stereocenters. The summed E-state index contributed by atoms with van der Waals surface area (Å²) in [6.45, 7) is 7.93. The summed E-state index contributed by atoms with van der Waals surface area (Å²) >= 11 is 1.41. The van der Waals surface area contributed by atoms with E-state index in [-0.39, 0.29) is 11.9 Å². The Hall–Kier alpha value is -2.14. The molecule has 5 heteroatoms. The zero-order valence-corrected chi connectivity index (χ0v) is 15.4. The number of carbonyl (C=O) groups is 2. The fourth-order valence-electron chi connectivity index (χ4n) is 2.37. The van der Waals surface area contributed by atoms with E-state index in [0.29, 0.717) is 30.0 Å². The lowest BCUT2D eigenvalue weighted by Gasteiger charge is -2.07. The van der Waals surface area contributed by atoms with Gasteiger partial charge in [0.2, 0.25) is 5.91 Å². The van der Waals surface area contributed by atoms with Gasteiger partial charge in [0.1, 0.15) is 5.00 Å². The standard InChI is InChI=1S/C19H23NO3S/c1-5-23-19(22)17-13(3)14(4)24-18(17)20-16(21)11-10-15-8-6-12(2)7-9-15/h6-9H,5,10-11H2,1-4H3,(H,20,21). The molecule has 24 heavy (non-hydrogen) atoms. The van der Waals surface area contributed by atoms with Gasteiger partial charge in [0, 0.05) is 11.3 Å². The molecule has 1 aromatic carbocycles. The Kier molecular flexibility index (Phi) is 6.15. The van der Waals surface area contributed by atoms with Crippen LogP contribution in [0.4, 0.5) is 5.00 Å². The number of ether oxygens (including phenoxy) is 1. The van der Waals surface area contributed by atoms with Crippen molar-refractivity contribution < 1.29 is 14.3 Å². The number of benzene rings is 1. The van der Waals surface area contributed by atoms with Gasteiger partial charge >= 0.3 is 5.97 Å². The van der Waals surface area contributed by atoms with Crippen molar-refractivity contribution in [1.82, 2.24) is 0 Å². The molecule has 1 amide bonds. The summed E-state index contributed by atoms with van der Waals surface area (Å²) in [5.41, 5.74) is 3.67. The van der Waals surface area contributed by atoms with Gasteiger partial charge in [0.25, 0.3) is 0 Å². The normalized spacial score (nSPS) is 10.5. The number of carbonyl (C=O) groups excluding carboxylic acids is 2. The number of rotatable bonds is 6. The Labute approximate surface area is 146 Å². The first kappa shape index (κ1) is 18.2. The van der Waals surface area contributed by atoms with Crippen molar-refractivity contribution >= 4 is 28.2 Å². The van der Waals surface area contributed by atoms with Crippen molar-refractivity contribution in [1.29, 1.82) is 0 Å². The first-order valence-corrected chi connectivity index (χ1v) is 8.86. The zero-order valence-electron chi connectivity index (χ0n) is 14.6. The molecule has 1 aromatic heterocycles. The van der Waals surface area contributed by atoms with Crippen LogP contribution in [0.2, 0.25) is 0 Å². The molecule has 0 aliphatic heterocycles. The van der Waals surface area contributed by atoms with Crippen LogP contribution in [0.25, 0.3) is 0 Å². The van der Waals surface area contributed by atoms with Gasteiger partial charge < -0.3 is 10.1 Å². The van der Waals surface area contributed by atoms with Crippen LogP contribution in [-0.2, 0) is 16.0 Å². The van der Waals surface area contributed by atoms with Crippen LogP contribution in [0.3, 0.4) is 0 Å². The first-order chi connectivity index (χ1) is 11.4. The van der Waals surface area contributed by atoms with Crippen molar-refractivity contribution in [2.24, 2.45) is 0 Å². The molecule has 0 atom stereocenters. The second-order valence-corrected chi connectivity index (χ2v) is 6.97. The highest BCUT2D eigenvalue weighted by Gasteiger charge is 2.21. The summed E-state index contributed by atoms with van der Waals surface area (Å²) in [5, 5.41) is 3.45. The molecule has 1 heterocycles. The lowest BCUT2D eigenvalue weighted by atomic mass is 10.1. The van der Waals surface area contributed by atoms with Gasteiger partial charge in [-0.05, 0) is 45.2 Å². The van der Waals surface area contributed by atoms with Gasteiger partial charge in [-0.15, -0.1) is 11.3 Å². The Morgan fingerprint density at radius 1 is 1.12 bits per heavy atom. The fraction of sp³-hybridized carbons (Fsp3) is 0.368. The van der Waals surface area contributed by atoms with Gasteiger partial charge in [0.05, 0.1) is 12.2 Å². The summed E-state index contributed by atoms with van der Waals surface area (Å²) < 4.78 is 5.10. The van der Waals surface area contributed by atoms with E-state index in [0.717, 1.165) is 16.0 Å². The number of hydrogen-bond acceptors (Lipinski definition) is 4. The second-order valence-electron chi connectivity index (χ2n) is 5.74. The third-order valence-corrected chi connectivity index (χ3v) is 5.00. The van der Waals surface area contributed by atoms with E-state index >= 15 is 0 Å². The highest BCUT2D eigenvalue weighted by atomic mass is 32.1. The molecule has 0 fully saturated rings. The average Bonchev–Trinajstić information content (AvgIpc) is 2.81. The highest BCUT2D eigenvalue weighted by Crippen LogP contribution is 2.33. The first-order valence-electron chi connectivity index (χ1n) is 8.04. The highest BCUT2D eigenvalue weighted by molar-refractivity contribution is 7.16. The molecule has 0 saturated carbocycles. The quantitative estimate of drug-likeness (QED) is 0.789. The molecule has 2 rings (SSSR count). The number of aryl methyl sites for hydroxylation is 3. The minimum Gasteiger partial charge on any atom is -0.462 e. The molecule has 0 aliphatic carbocycles. The maximum Gasteiger partial charge on any atom is 0.341 e. The zero-order chi connectivity index (χ0) is 17.7. The molecule has 0 radical (unpaired) electrons. The Bertz CT molecular complexity index is 732. The van der Waals surface area contributed by atoms with E-state index in [1.54, 1.807) is 6.92 Å². The predicted molar refractivity (Wildman–Crippen MR) is 97.9 cm³/mol. The van der Waals surface area contributed by atoms with Gasteiger partial charge in [-0.2, -0.15) is 0 Å². The van der Waals surface area contributed by atoms with Crippen LogP contribution in [0, 0.1) is 20.8 Å². The van der Waals surface area contributed by atoms with Gasteiger partial charge in [-0.25, -0.2) is 4.79 Å². The van der Waals surface area contributed by atoms with Gasteiger partial charge in [-0.1, -0.05) is 29.8 Å². The number of esters is 1. The van der Waals surface area contributed by atoms with Crippen LogP contribution in [0.15, 0.2) is 24.3 Å². The number of hydrogen-bond donors (Lipinski definition) is 1. The molecule has 0 saturated heterocycles.